The van der Waals surface area contributed by atoms with Gasteiger partial charge in [0.15, 0.2) is 16.7 Å². The van der Waals surface area contributed by atoms with Crippen molar-refractivity contribution < 1.29 is 18.7 Å². The summed E-state index contributed by atoms with van der Waals surface area (Å²) >= 11 is 1.34. The number of aryl methyl sites for hydroxylation is 2. The van der Waals surface area contributed by atoms with Crippen molar-refractivity contribution in [2.75, 3.05) is 11.5 Å². The summed E-state index contributed by atoms with van der Waals surface area (Å²) in [4.78, 5) is 20.7. The Morgan fingerprint density at radius 1 is 0.850 bits per heavy atom. The molecule has 4 aromatic carbocycles. The highest BCUT2D eigenvalue weighted by Crippen LogP contribution is 2.38. The van der Waals surface area contributed by atoms with Crippen molar-refractivity contribution in [3.8, 4) is 11.5 Å². The fourth-order valence-corrected chi connectivity index (χ4v) is 5.10. The molecule has 0 spiro atoms. The minimum atomic E-state index is -0.288. The lowest BCUT2D eigenvalue weighted by molar-refractivity contribution is -0.113. The average Bonchev–Trinajstić information content (AvgIpc) is 3.25. The molecule has 1 fully saturated rings. The van der Waals surface area contributed by atoms with Crippen LogP contribution in [-0.2, 0) is 11.4 Å². The highest BCUT2D eigenvalue weighted by molar-refractivity contribution is 8.19. The number of ether oxygens (including phenoxy) is 2. The first-order valence-corrected chi connectivity index (χ1v) is 13.8. The second kappa shape index (κ2) is 12.2. The van der Waals surface area contributed by atoms with Crippen LogP contribution in [-0.4, -0.2) is 17.7 Å². The maximum atomic E-state index is 13.7. The number of rotatable bonds is 8. The Hall–Kier alpha value is -4.36. The number of amidine groups is 1. The zero-order valence-electron chi connectivity index (χ0n) is 22.6. The summed E-state index contributed by atoms with van der Waals surface area (Å²) in [5.41, 5.74) is 5.44. The molecular formula is C33H29FN2O3S. The summed E-state index contributed by atoms with van der Waals surface area (Å²) in [5.74, 6) is 0.706. The number of aliphatic imine (C=N–C) groups is 1. The van der Waals surface area contributed by atoms with E-state index in [1.54, 1.807) is 17.0 Å². The van der Waals surface area contributed by atoms with E-state index < -0.39 is 0 Å². The minimum absolute atomic E-state index is 0.144. The van der Waals surface area contributed by atoms with Crippen LogP contribution >= 0.6 is 11.8 Å². The van der Waals surface area contributed by atoms with Gasteiger partial charge in [-0.05, 0) is 98.3 Å². The quantitative estimate of drug-likeness (QED) is 0.207. The Morgan fingerprint density at radius 3 is 2.20 bits per heavy atom. The molecule has 0 unspecified atom stereocenters. The molecule has 40 heavy (non-hydrogen) atoms. The molecule has 5 rings (SSSR count). The molecule has 1 aliphatic heterocycles. The van der Waals surface area contributed by atoms with Gasteiger partial charge in [-0.25, -0.2) is 9.38 Å². The second-order valence-corrected chi connectivity index (χ2v) is 10.4. The molecule has 5 nitrogen and oxygen atoms in total. The normalized spacial score (nSPS) is 15.2. The topological polar surface area (TPSA) is 51.1 Å². The van der Waals surface area contributed by atoms with Crippen molar-refractivity contribution in [2.24, 2.45) is 4.99 Å². The number of carbonyl (C=O) groups excluding carboxylic acids is 1. The van der Waals surface area contributed by atoms with Gasteiger partial charge in [-0.2, -0.15) is 0 Å². The Bertz CT molecular complexity index is 1560. The fourth-order valence-electron chi connectivity index (χ4n) is 4.10. The van der Waals surface area contributed by atoms with Crippen LogP contribution in [0.3, 0.4) is 0 Å². The van der Waals surface area contributed by atoms with Gasteiger partial charge in [-0.3, -0.25) is 9.69 Å². The van der Waals surface area contributed by atoms with Crippen molar-refractivity contribution in [1.29, 1.82) is 0 Å². The maximum absolute atomic E-state index is 13.7. The molecular weight excluding hydrogens is 523 g/mol. The van der Waals surface area contributed by atoms with E-state index in [0.717, 1.165) is 33.6 Å². The predicted molar refractivity (Wildman–Crippen MR) is 161 cm³/mol. The lowest BCUT2D eigenvalue weighted by Crippen LogP contribution is -2.28. The molecule has 0 atom stereocenters. The number of thioether (sulfide) groups is 1. The van der Waals surface area contributed by atoms with Crippen LogP contribution in [0.5, 0.6) is 11.5 Å². The van der Waals surface area contributed by atoms with Crippen molar-refractivity contribution >= 4 is 40.3 Å². The number of carbonyl (C=O) groups is 1. The van der Waals surface area contributed by atoms with Gasteiger partial charge < -0.3 is 9.47 Å². The van der Waals surface area contributed by atoms with Crippen LogP contribution in [0.25, 0.3) is 6.08 Å². The van der Waals surface area contributed by atoms with E-state index in [1.807, 2.05) is 93.6 Å². The molecule has 0 N–H and O–H groups in total. The molecule has 0 bridgehead atoms. The number of hydrogen-bond donors (Lipinski definition) is 0. The van der Waals surface area contributed by atoms with E-state index in [-0.39, 0.29) is 18.3 Å². The van der Waals surface area contributed by atoms with Gasteiger partial charge in [-0.15, -0.1) is 0 Å². The summed E-state index contributed by atoms with van der Waals surface area (Å²) in [6.07, 6.45) is 1.85. The number of hydrogen-bond acceptors (Lipinski definition) is 5. The van der Waals surface area contributed by atoms with Crippen LogP contribution in [0.15, 0.2) is 101 Å². The molecule has 0 aliphatic carbocycles. The summed E-state index contributed by atoms with van der Waals surface area (Å²) < 4.78 is 25.1. The van der Waals surface area contributed by atoms with Gasteiger partial charge in [0.05, 0.1) is 22.9 Å². The van der Waals surface area contributed by atoms with Crippen LogP contribution < -0.4 is 14.4 Å². The Balaban J connectivity index is 1.44. The van der Waals surface area contributed by atoms with Gasteiger partial charge in [0, 0.05) is 0 Å². The van der Waals surface area contributed by atoms with E-state index in [4.69, 9.17) is 14.5 Å². The van der Waals surface area contributed by atoms with E-state index in [9.17, 15) is 9.18 Å². The lowest BCUT2D eigenvalue weighted by Gasteiger charge is -2.16. The molecule has 4 aromatic rings. The molecule has 202 valence electrons. The maximum Gasteiger partial charge on any atom is 0.271 e. The fraction of sp³-hybridized carbons (Fsp3) is 0.152. The highest BCUT2D eigenvalue weighted by atomic mass is 32.2. The van der Waals surface area contributed by atoms with Crippen LogP contribution in [0.1, 0.15) is 29.2 Å². The van der Waals surface area contributed by atoms with E-state index in [0.29, 0.717) is 28.2 Å². The van der Waals surface area contributed by atoms with Gasteiger partial charge in [0.25, 0.3) is 5.91 Å². The average molecular weight is 553 g/mol. The van der Waals surface area contributed by atoms with Crippen LogP contribution in [0, 0.1) is 19.7 Å². The largest absolute Gasteiger partial charge is 0.490 e. The Labute approximate surface area is 238 Å². The number of amides is 1. The van der Waals surface area contributed by atoms with Crippen molar-refractivity contribution in [3.05, 3.63) is 124 Å². The van der Waals surface area contributed by atoms with Gasteiger partial charge in [-0.1, -0.05) is 53.6 Å². The Morgan fingerprint density at radius 2 is 1.52 bits per heavy atom. The van der Waals surface area contributed by atoms with E-state index >= 15 is 0 Å². The zero-order chi connectivity index (χ0) is 28.1. The number of nitrogens with zero attached hydrogens (tertiary/aromatic N) is 2. The summed E-state index contributed by atoms with van der Waals surface area (Å²) in [5, 5.41) is 0.591. The molecule has 1 heterocycles. The van der Waals surface area contributed by atoms with Crippen molar-refractivity contribution in [1.82, 2.24) is 0 Å². The van der Waals surface area contributed by atoms with Crippen LogP contribution in [0.4, 0.5) is 15.8 Å². The molecule has 0 aromatic heterocycles. The number of anilines is 1. The molecule has 1 aliphatic rings. The molecule has 0 radical (unpaired) electrons. The minimum Gasteiger partial charge on any atom is -0.490 e. The third kappa shape index (κ3) is 6.43. The molecule has 1 saturated heterocycles. The monoisotopic (exact) mass is 552 g/mol. The van der Waals surface area contributed by atoms with Crippen molar-refractivity contribution in [2.45, 2.75) is 27.4 Å². The summed E-state index contributed by atoms with van der Waals surface area (Å²) in [6.45, 7) is 6.67. The molecule has 1 amide bonds. The summed E-state index contributed by atoms with van der Waals surface area (Å²) in [6, 6.07) is 27.5. The molecule has 7 heteroatoms. The highest BCUT2D eigenvalue weighted by Gasteiger charge is 2.34. The SMILES string of the molecule is CCOc1cc(/C=C2/SC(=Nc3ccc(C)cc3)N(c3ccc(C)cc3)C2=O)ccc1OCc1ccc(F)cc1. The first kappa shape index (κ1) is 27.2. The number of benzene rings is 4. The Kier molecular flexibility index (Phi) is 8.31. The number of halogens is 1. The predicted octanol–water partition coefficient (Wildman–Crippen LogP) is 8.23. The van der Waals surface area contributed by atoms with Gasteiger partial charge in [0.1, 0.15) is 12.4 Å². The smallest absolute Gasteiger partial charge is 0.271 e. The third-order valence-corrected chi connectivity index (χ3v) is 7.20. The van der Waals surface area contributed by atoms with E-state index in [2.05, 4.69) is 0 Å². The zero-order valence-corrected chi connectivity index (χ0v) is 23.4. The summed E-state index contributed by atoms with van der Waals surface area (Å²) in [7, 11) is 0. The van der Waals surface area contributed by atoms with Gasteiger partial charge >= 0.3 is 0 Å². The first-order valence-electron chi connectivity index (χ1n) is 13.0. The molecule has 0 saturated carbocycles. The van der Waals surface area contributed by atoms with Gasteiger partial charge in [0.2, 0.25) is 0 Å². The van der Waals surface area contributed by atoms with E-state index in [1.165, 1.54) is 23.9 Å². The third-order valence-electron chi connectivity index (χ3n) is 6.23. The second-order valence-electron chi connectivity index (χ2n) is 9.37. The lowest BCUT2D eigenvalue weighted by atomic mass is 10.1. The van der Waals surface area contributed by atoms with Crippen LogP contribution in [0.2, 0.25) is 0 Å². The first-order chi connectivity index (χ1) is 19.4. The van der Waals surface area contributed by atoms with Crippen molar-refractivity contribution in [3.63, 3.8) is 0 Å². The standard InChI is InChI=1S/C33H29FN2O3S/c1-4-38-30-19-25(11-18-29(30)39-21-24-9-12-26(34)13-10-24)20-31-32(37)36(28-16-7-23(3)8-17-28)33(40-31)35-27-14-5-22(2)6-15-27/h5-20H,4,21H2,1-3H3/b31-20+,35-33?.